The number of carbonyl (C=O) groups excluding carboxylic acids is 1. The Labute approximate surface area is 134 Å². The minimum Gasteiger partial charge on any atom is -0.444 e. The lowest BCUT2D eigenvalue weighted by atomic mass is 10.0. The predicted octanol–water partition coefficient (Wildman–Crippen LogP) is 2.28. The monoisotopic (exact) mass is 334 g/mol. The lowest BCUT2D eigenvalue weighted by Gasteiger charge is -2.44. The fourth-order valence-corrected chi connectivity index (χ4v) is 2.94. The highest BCUT2D eigenvalue weighted by Crippen LogP contribution is 2.29. The Morgan fingerprint density at radius 3 is 2.26 bits per heavy atom. The summed E-state index contributed by atoms with van der Waals surface area (Å²) in [6.07, 6.45) is 0.865. The third-order valence-corrected chi connectivity index (χ3v) is 4.10. The fraction of sp³-hybridized carbons (Fsp3) is 0.929. The minimum absolute atomic E-state index is 0.0200. The maximum absolute atomic E-state index is 13.8. The van der Waals surface area contributed by atoms with E-state index in [1.165, 1.54) is 0 Å². The molecule has 0 bridgehead atoms. The lowest BCUT2D eigenvalue weighted by molar-refractivity contribution is -0.193. The van der Waals surface area contributed by atoms with E-state index in [9.17, 15) is 18.5 Å². The Hall–Kier alpha value is -1.51. The van der Waals surface area contributed by atoms with Gasteiger partial charge in [-0.25, -0.2) is 4.79 Å². The molecule has 7 nitrogen and oxygen atoms in total. The van der Waals surface area contributed by atoms with E-state index >= 15 is 0 Å². The van der Waals surface area contributed by atoms with Crippen LogP contribution in [0.1, 0.15) is 33.6 Å². The average Bonchev–Trinajstić information content (AvgIpc) is 2.44. The van der Waals surface area contributed by atoms with E-state index in [4.69, 9.17) is 4.74 Å². The number of nitrogens with zero attached hydrogens (tertiary/aromatic N) is 4. The highest BCUT2D eigenvalue weighted by atomic mass is 19.3. The summed E-state index contributed by atoms with van der Waals surface area (Å²) >= 11 is 0. The number of hydrogen-bond donors (Lipinski definition) is 0. The van der Waals surface area contributed by atoms with Crippen molar-refractivity contribution in [1.82, 2.24) is 14.8 Å². The third kappa shape index (κ3) is 4.49. The van der Waals surface area contributed by atoms with Crippen molar-refractivity contribution in [2.24, 2.45) is 5.29 Å². The van der Waals surface area contributed by atoms with Gasteiger partial charge >= 0.3 is 12.1 Å². The molecule has 2 rings (SSSR count). The molecule has 2 heterocycles. The van der Waals surface area contributed by atoms with E-state index in [-0.39, 0.29) is 18.7 Å². The molecule has 0 unspecified atom stereocenters. The molecule has 0 radical (unpaired) electrons. The lowest BCUT2D eigenvalue weighted by Crippen LogP contribution is -2.59. The van der Waals surface area contributed by atoms with Crippen molar-refractivity contribution in [2.75, 3.05) is 32.7 Å². The number of hydrogen-bond acceptors (Lipinski definition) is 5. The minimum atomic E-state index is -3.23. The van der Waals surface area contributed by atoms with Gasteiger partial charge in [0.25, 0.3) is 0 Å². The number of carbonyl (C=O) groups is 1. The topological polar surface area (TPSA) is 65.5 Å². The summed E-state index contributed by atoms with van der Waals surface area (Å²) in [6.45, 7) is 6.17. The summed E-state index contributed by atoms with van der Waals surface area (Å²) in [5.74, 6) is 0. The molecule has 2 aliphatic heterocycles. The molecule has 1 amide bonds. The summed E-state index contributed by atoms with van der Waals surface area (Å²) < 4.78 is 32.9. The molecule has 0 atom stereocenters. The van der Waals surface area contributed by atoms with Crippen molar-refractivity contribution >= 4 is 6.09 Å². The number of halogens is 2. The summed E-state index contributed by atoms with van der Waals surface area (Å²) in [5.41, 5.74) is -0.547. The first-order valence-electron chi connectivity index (χ1n) is 7.83. The number of likely N-dealkylation sites (tertiary alicyclic amines) is 1. The molecule has 9 heteroatoms. The van der Waals surface area contributed by atoms with Crippen LogP contribution in [0.5, 0.6) is 0 Å². The Kier molecular flexibility index (Phi) is 5.07. The number of alkyl halides is 2. The molecule has 0 aromatic heterocycles. The van der Waals surface area contributed by atoms with Gasteiger partial charge in [0, 0.05) is 25.7 Å². The van der Waals surface area contributed by atoms with Crippen LogP contribution in [-0.4, -0.2) is 71.3 Å². The SMILES string of the molecule is CC(C)(C)OC(=O)N1CCC(N2CCN(N=O)C(F)(F)C2)CC1. The normalized spacial score (nSPS) is 23.7. The second-order valence-electron chi connectivity index (χ2n) is 7.04. The summed E-state index contributed by atoms with van der Waals surface area (Å²) in [7, 11) is 0. The molecule has 0 aromatic carbocycles. The fourth-order valence-electron chi connectivity index (χ4n) is 2.94. The molecule has 0 N–H and O–H groups in total. The zero-order valence-electron chi connectivity index (χ0n) is 13.8. The molecule has 23 heavy (non-hydrogen) atoms. The molecular weight excluding hydrogens is 310 g/mol. The van der Waals surface area contributed by atoms with Crippen LogP contribution < -0.4 is 0 Å². The molecule has 0 aromatic rings. The molecular formula is C14H24F2N4O3. The van der Waals surface area contributed by atoms with Gasteiger partial charge in [0.05, 0.1) is 18.4 Å². The van der Waals surface area contributed by atoms with Crippen LogP contribution in [0.4, 0.5) is 13.6 Å². The van der Waals surface area contributed by atoms with Crippen molar-refractivity contribution in [2.45, 2.75) is 51.3 Å². The van der Waals surface area contributed by atoms with E-state index in [0.717, 1.165) is 0 Å². The van der Waals surface area contributed by atoms with Gasteiger partial charge in [0.2, 0.25) is 0 Å². The van der Waals surface area contributed by atoms with Gasteiger partial charge in [0.1, 0.15) is 5.60 Å². The zero-order chi connectivity index (χ0) is 17.3. The van der Waals surface area contributed by atoms with Crippen molar-refractivity contribution in [3.8, 4) is 0 Å². The van der Waals surface area contributed by atoms with E-state index in [0.29, 0.717) is 37.5 Å². The third-order valence-electron chi connectivity index (χ3n) is 4.10. The summed E-state index contributed by atoms with van der Waals surface area (Å²) in [6, 6.07) is -3.25. The second-order valence-corrected chi connectivity index (χ2v) is 7.04. The zero-order valence-corrected chi connectivity index (χ0v) is 13.8. The predicted molar refractivity (Wildman–Crippen MR) is 79.9 cm³/mol. The van der Waals surface area contributed by atoms with Gasteiger partial charge < -0.3 is 9.64 Å². The van der Waals surface area contributed by atoms with Crippen molar-refractivity contribution in [3.05, 3.63) is 4.91 Å². The first-order chi connectivity index (χ1) is 10.6. The Balaban J connectivity index is 1.85. The first kappa shape index (κ1) is 17.8. The Morgan fingerprint density at radius 1 is 1.17 bits per heavy atom. The number of amides is 1. The van der Waals surface area contributed by atoms with Crippen LogP contribution in [0, 0.1) is 4.91 Å². The Bertz CT molecular complexity index is 448. The van der Waals surface area contributed by atoms with Gasteiger partial charge in [-0.15, -0.1) is 4.91 Å². The molecule has 132 valence electrons. The van der Waals surface area contributed by atoms with Crippen LogP contribution in [0.2, 0.25) is 0 Å². The summed E-state index contributed by atoms with van der Waals surface area (Å²) in [5, 5.41) is 2.69. The average molecular weight is 334 g/mol. The quantitative estimate of drug-likeness (QED) is 0.572. The molecule has 0 spiro atoms. The molecule has 2 aliphatic rings. The highest BCUT2D eigenvalue weighted by Gasteiger charge is 2.45. The van der Waals surface area contributed by atoms with Crippen LogP contribution in [0.25, 0.3) is 0 Å². The highest BCUT2D eigenvalue weighted by molar-refractivity contribution is 5.68. The second kappa shape index (κ2) is 6.54. The maximum atomic E-state index is 13.8. The molecule has 0 saturated carbocycles. The standard InChI is InChI=1S/C14H24F2N4O3/c1-13(2,3)23-12(21)18-6-4-11(5-7-18)19-8-9-20(17-22)14(15,16)10-19/h11H,4-10H2,1-3H3. The number of nitroso groups, excluding NO2 is 1. The van der Waals surface area contributed by atoms with Gasteiger partial charge in [0.15, 0.2) is 0 Å². The number of ether oxygens (including phenoxy) is 1. The van der Waals surface area contributed by atoms with Crippen molar-refractivity contribution in [1.29, 1.82) is 0 Å². The van der Waals surface area contributed by atoms with E-state index in [2.05, 4.69) is 5.29 Å². The van der Waals surface area contributed by atoms with Crippen LogP contribution in [0.15, 0.2) is 5.29 Å². The van der Waals surface area contributed by atoms with Gasteiger partial charge in [-0.2, -0.15) is 13.8 Å². The molecule has 2 saturated heterocycles. The van der Waals surface area contributed by atoms with Crippen LogP contribution in [-0.2, 0) is 4.74 Å². The smallest absolute Gasteiger partial charge is 0.410 e. The number of piperazine rings is 1. The van der Waals surface area contributed by atoms with E-state index < -0.39 is 18.2 Å². The molecule has 2 fully saturated rings. The Morgan fingerprint density at radius 2 is 1.78 bits per heavy atom. The van der Waals surface area contributed by atoms with Crippen molar-refractivity contribution < 1.29 is 18.3 Å². The largest absolute Gasteiger partial charge is 0.444 e. The maximum Gasteiger partial charge on any atom is 0.410 e. The van der Waals surface area contributed by atoms with Gasteiger partial charge in [-0.1, -0.05) is 0 Å². The number of rotatable bonds is 2. The van der Waals surface area contributed by atoms with Crippen LogP contribution >= 0.6 is 0 Å². The van der Waals surface area contributed by atoms with E-state index in [1.807, 2.05) is 0 Å². The van der Waals surface area contributed by atoms with Crippen molar-refractivity contribution in [3.63, 3.8) is 0 Å². The number of piperidine rings is 1. The van der Waals surface area contributed by atoms with Crippen LogP contribution in [0.3, 0.4) is 0 Å². The van der Waals surface area contributed by atoms with E-state index in [1.54, 1.807) is 30.6 Å². The first-order valence-corrected chi connectivity index (χ1v) is 7.83. The van der Waals surface area contributed by atoms with Gasteiger partial charge in [-0.3, -0.25) is 4.90 Å². The summed E-state index contributed by atoms with van der Waals surface area (Å²) in [4.78, 5) is 25.7. The molecule has 0 aliphatic carbocycles. The van der Waals surface area contributed by atoms with Gasteiger partial charge in [-0.05, 0) is 33.6 Å².